The fourth-order valence-electron chi connectivity index (χ4n) is 2.02. The van der Waals surface area contributed by atoms with Crippen LogP contribution in [0.15, 0.2) is 18.5 Å². The minimum absolute atomic E-state index is 0.0957. The smallest absolute Gasteiger partial charge is 0.256 e. The Morgan fingerprint density at radius 2 is 2.33 bits per heavy atom. The third-order valence-corrected chi connectivity index (χ3v) is 3.01. The molecule has 7 nitrogen and oxygen atoms in total. The van der Waals surface area contributed by atoms with Crippen molar-refractivity contribution >= 4 is 11.8 Å². The number of primary amides is 1. The second kappa shape index (κ2) is 6.83. The summed E-state index contributed by atoms with van der Waals surface area (Å²) in [5.41, 5.74) is 6.12. The molecule has 1 atom stereocenters. The lowest BCUT2D eigenvalue weighted by Gasteiger charge is -2.33. The van der Waals surface area contributed by atoms with Crippen LogP contribution in [0.1, 0.15) is 15.9 Å². The van der Waals surface area contributed by atoms with E-state index in [1.807, 2.05) is 0 Å². The highest BCUT2D eigenvalue weighted by Gasteiger charge is 2.32. The summed E-state index contributed by atoms with van der Waals surface area (Å²) in [5, 5.41) is 8.67. The Kier molecular flexibility index (Phi) is 4.87. The predicted octanol–water partition coefficient (Wildman–Crippen LogP) is -1.25. The van der Waals surface area contributed by atoms with Crippen LogP contribution >= 0.6 is 0 Å². The van der Waals surface area contributed by atoms with Crippen LogP contribution in [0.5, 0.6) is 0 Å². The fourth-order valence-corrected chi connectivity index (χ4v) is 2.02. The van der Waals surface area contributed by atoms with E-state index in [0.717, 1.165) is 0 Å². The zero-order chi connectivity index (χ0) is 15.2. The van der Waals surface area contributed by atoms with Crippen LogP contribution in [0.4, 0.5) is 0 Å². The Morgan fingerprint density at radius 1 is 1.52 bits per heavy atom. The maximum atomic E-state index is 12.5. The Morgan fingerprint density at radius 3 is 3.05 bits per heavy atom. The molecule has 2 heterocycles. The van der Waals surface area contributed by atoms with Gasteiger partial charge in [-0.2, -0.15) is 0 Å². The van der Waals surface area contributed by atoms with E-state index >= 15 is 0 Å². The number of ether oxygens (including phenoxy) is 1. The number of aliphatic hydroxyl groups is 1. The number of nitrogens with two attached hydrogens (primary N) is 1. The molecule has 2 amide bonds. The van der Waals surface area contributed by atoms with Gasteiger partial charge < -0.3 is 20.5 Å². The molecule has 1 aromatic rings. The van der Waals surface area contributed by atoms with Crippen molar-refractivity contribution in [2.75, 3.05) is 26.4 Å². The van der Waals surface area contributed by atoms with E-state index in [1.54, 1.807) is 6.07 Å². The van der Waals surface area contributed by atoms with Crippen LogP contribution in [0.2, 0.25) is 0 Å². The summed E-state index contributed by atoms with van der Waals surface area (Å²) in [4.78, 5) is 29.2. The molecular weight excluding hydrogens is 274 g/mol. The number of amides is 2. The number of morpholine rings is 1. The van der Waals surface area contributed by atoms with E-state index in [0.29, 0.717) is 24.3 Å². The number of nitrogens with zero attached hydrogens (tertiary/aromatic N) is 2. The Balaban J connectivity index is 2.24. The molecule has 1 fully saturated rings. The number of carbonyl (C=O) groups is 2. The van der Waals surface area contributed by atoms with Gasteiger partial charge in [-0.3, -0.25) is 14.6 Å². The van der Waals surface area contributed by atoms with E-state index in [1.165, 1.54) is 17.3 Å². The van der Waals surface area contributed by atoms with Gasteiger partial charge in [-0.15, -0.1) is 0 Å². The van der Waals surface area contributed by atoms with Gasteiger partial charge in [-0.05, 0) is 6.07 Å². The van der Waals surface area contributed by atoms with Crippen LogP contribution in [-0.2, 0) is 9.53 Å². The molecule has 2 rings (SSSR count). The largest absolute Gasteiger partial charge is 0.384 e. The molecule has 0 spiro atoms. The second-order valence-corrected chi connectivity index (χ2v) is 4.41. The lowest BCUT2D eigenvalue weighted by atomic mass is 10.1. The van der Waals surface area contributed by atoms with Crippen LogP contribution in [0.25, 0.3) is 0 Å². The number of carbonyl (C=O) groups excluding carboxylic acids is 2. The fraction of sp³-hybridized carbons (Fsp3) is 0.357. The minimum Gasteiger partial charge on any atom is -0.384 e. The Bertz CT molecular complexity index is 606. The summed E-state index contributed by atoms with van der Waals surface area (Å²) in [6.07, 6.45) is 2.89. The number of pyridine rings is 1. The van der Waals surface area contributed by atoms with Gasteiger partial charge in [0.1, 0.15) is 12.6 Å². The topological polar surface area (TPSA) is 106 Å². The molecule has 1 saturated heterocycles. The third kappa shape index (κ3) is 3.56. The van der Waals surface area contributed by atoms with E-state index in [2.05, 4.69) is 16.8 Å². The van der Waals surface area contributed by atoms with Gasteiger partial charge in [0.15, 0.2) is 0 Å². The summed E-state index contributed by atoms with van der Waals surface area (Å²) < 4.78 is 5.18. The van der Waals surface area contributed by atoms with Gasteiger partial charge in [0.2, 0.25) is 5.91 Å². The molecule has 110 valence electrons. The zero-order valence-electron chi connectivity index (χ0n) is 11.3. The molecule has 1 aromatic heterocycles. The van der Waals surface area contributed by atoms with Crippen molar-refractivity contribution in [1.29, 1.82) is 0 Å². The molecule has 0 aliphatic carbocycles. The van der Waals surface area contributed by atoms with Gasteiger partial charge >= 0.3 is 0 Å². The monoisotopic (exact) mass is 289 g/mol. The molecule has 0 bridgehead atoms. The predicted molar refractivity (Wildman–Crippen MR) is 73.0 cm³/mol. The van der Waals surface area contributed by atoms with Crippen molar-refractivity contribution in [2.45, 2.75) is 6.04 Å². The summed E-state index contributed by atoms with van der Waals surface area (Å²) in [5.74, 6) is 4.21. The first kappa shape index (κ1) is 15.0. The van der Waals surface area contributed by atoms with E-state index < -0.39 is 11.9 Å². The number of aromatic nitrogens is 1. The molecule has 0 radical (unpaired) electrons. The first-order valence-corrected chi connectivity index (χ1v) is 6.36. The molecule has 3 N–H and O–H groups in total. The maximum Gasteiger partial charge on any atom is 0.256 e. The SMILES string of the molecule is NC(=O)C1COCCN1C(=O)c1cncc(C#CCO)c1. The zero-order valence-corrected chi connectivity index (χ0v) is 11.3. The first-order chi connectivity index (χ1) is 10.1. The first-order valence-electron chi connectivity index (χ1n) is 6.36. The molecule has 1 aliphatic heterocycles. The molecular formula is C14H15N3O4. The number of hydrogen-bond acceptors (Lipinski definition) is 5. The molecule has 0 saturated carbocycles. The molecule has 1 aliphatic rings. The third-order valence-electron chi connectivity index (χ3n) is 3.01. The summed E-state index contributed by atoms with van der Waals surface area (Å²) in [6.45, 7) is 0.468. The quantitative estimate of drug-likeness (QED) is 0.662. The van der Waals surface area contributed by atoms with Crippen LogP contribution < -0.4 is 5.73 Å². The number of rotatable bonds is 2. The van der Waals surface area contributed by atoms with E-state index in [4.69, 9.17) is 15.6 Å². The molecule has 7 heteroatoms. The summed E-state index contributed by atoms with van der Waals surface area (Å²) >= 11 is 0. The van der Waals surface area contributed by atoms with Gasteiger partial charge in [0.05, 0.1) is 18.8 Å². The second-order valence-electron chi connectivity index (χ2n) is 4.41. The highest BCUT2D eigenvalue weighted by atomic mass is 16.5. The van der Waals surface area contributed by atoms with Gasteiger partial charge in [0, 0.05) is 24.5 Å². The summed E-state index contributed by atoms with van der Waals surface area (Å²) in [7, 11) is 0. The number of aliphatic hydroxyl groups excluding tert-OH is 1. The highest BCUT2D eigenvalue weighted by molar-refractivity contribution is 5.97. The van der Waals surface area contributed by atoms with Gasteiger partial charge in [0.25, 0.3) is 5.91 Å². The maximum absolute atomic E-state index is 12.5. The Hall–Kier alpha value is -2.43. The van der Waals surface area contributed by atoms with Crippen molar-refractivity contribution in [3.8, 4) is 11.8 Å². The van der Waals surface area contributed by atoms with E-state index in [9.17, 15) is 9.59 Å². The van der Waals surface area contributed by atoms with Crippen LogP contribution in [0.3, 0.4) is 0 Å². The highest BCUT2D eigenvalue weighted by Crippen LogP contribution is 2.13. The van der Waals surface area contributed by atoms with Crippen molar-refractivity contribution in [1.82, 2.24) is 9.88 Å². The van der Waals surface area contributed by atoms with Crippen molar-refractivity contribution in [3.63, 3.8) is 0 Å². The molecule has 21 heavy (non-hydrogen) atoms. The molecule has 1 unspecified atom stereocenters. The van der Waals surface area contributed by atoms with Crippen molar-refractivity contribution in [3.05, 3.63) is 29.6 Å². The van der Waals surface area contributed by atoms with Crippen LogP contribution in [-0.4, -0.2) is 59.2 Å². The van der Waals surface area contributed by atoms with Crippen LogP contribution in [0, 0.1) is 11.8 Å². The lowest BCUT2D eigenvalue weighted by Crippen LogP contribution is -2.54. The number of hydrogen-bond donors (Lipinski definition) is 2. The van der Waals surface area contributed by atoms with E-state index in [-0.39, 0.29) is 19.1 Å². The average Bonchev–Trinajstić information content (AvgIpc) is 2.52. The standard InChI is InChI=1S/C14H15N3O4/c15-13(19)12-9-21-5-3-17(12)14(20)11-6-10(2-1-4-18)7-16-8-11/h6-8,12,18H,3-5,9H2,(H2,15,19). The lowest BCUT2D eigenvalue weighted by molar-refractivity contribution is -0.127. The average molecular weight is 289 g/mol. The normalized spacial score (nSPS) is 17.8. The van der Waals surface area contributed by atoms with Gasteiger partial charge in [-0.1, -0.05) is 11.8 Å². The van der Waals surface area contributed by atoms with Gasteiger partial charge in [-0.25, -0.2) is 0 Å². The molecule has 0 aromatic carbocycles. The Labute approximate surface area is 121 Å². The van der Waals surface area contributed by atoms with Crippen molar-refractivity contribution in [2.24, 2.45) is 5.73 Å². The van der Waals surface area contributed by atoms with Crippen molar-refractivity contribution < 1.29 is 19.4 Å². The summed E-state index contributed by atoms with van der Waals surface area (Å²) in [6, 6.07) is 0.782. The minimum atomic E-state index is -0.779.